The maximum Gasteiger partial charge on any atom is 0.166 e. The molecule has 0 unspecified atom stereocenters. The lowest BCUT2D eigenvalue weighted by molar-refractivity contribution is -0.111. The van der Waals surface area contributed by atoms with Gasteiger partial charge < -0.3 is 10.1 Å². The van der Waals surface area contributed by atoms with Gasteiger partial charge in [0.05, 0.1) is 5.57 Å². The van der Waals surface area contributed by atoms with Crippen LogP contribution in [0.2, 0.25) is 0 Å². The van der Waals surface area contributed by atoms with Crippen LogP contribution in [0.4, 0.5) is 0 Å². The van der Waals surface area contributed by atoms with E-state index in [0.717, 1.165) is 0 Å². The van der Waals surface area contributed by atoms with Crippen molar-refractivity contribution in [3.8, 4) is 0 Å². The Balaban J connectivity index is 3.15. The van der Waals surface area contributed by atoms with Crippen LogP contribution in [0.5, 0.6) is 0 Å². The number of aromatic nitrogens is 2. The molecule has 0 spiro atoms. The maximum absolute atomic E-state index is 11.0. The number of aliphatic hydroxyl groups is 1. The first-order valence-electron chi connectivity index (χ1n) is 3.53. The van der Waals surface area contributed by atoms with E-state index in [9.17, 15) is 4.79 Å². The molecule has 0 aliphatic heterocycles. The van der Waals surface area contributed by atoms with Crippen LogP contribution in [0.15, 0.2) is 18.2 Å². The largest absolute Gasteiger partial charge is 0.512 e. The summed E-state index contributed by atoms with van der Waals surface area (Å²) in [5, 5.41) is 9.15. The number of nitrogens with one attached hydrogen (secondary N) is 1. The molecule has 0 fully saturated rings. The van der Waals surface area contributed by atoms with Crippen LogP contribution in [-0.2, 0) is 4.79 Å². The zero-order valence-corrected chi connectivity index (χ0v) is 6.96. The van der Waals surface area contributed by atoms with Gasteiger partial charge in [0.2, 0.25) is 0 Å². The quantitative estimate of drug-likeness (QED) is 0.514. The molecule has 1 aromatic rings. The SMILES string of the molecule is CC(=O)/C(=C(\C)O)c1ncc[nH]1. The number of allylic oxidation sites excluding steroid dienone is 2. The van der Waals surface area contributed by atoms with Crippen molar-refractivity contribution in [3.05, 3.63) is 24.0 Å². The number of rotatable bonds is 2. The second-order valence-corrected chi connectivity index (χ2v) is 2.45. The first-order chi connectivity index (χ1) is 5.63. The van der Waals surface area contributed by atoms with Gasteiger partial charge in [-0.2, -0.15) is 0 Å². The van der Waals surface area contributed by atoms with Crippen LogP contribution in [0.1, 0.15) is 19.7 Å². The number of ketones is 1. The molecule has 0 radical (unpaired) electrons. The minimum atomic E-state index is -0.204. The second kappa shape index (κ2) is 3.21. The summed E-state index contributed by atoms with van der Waals surface area (Å²) in [6.07, 6.45) is 3.13. The minimum Gasteiger partial charge on any atom is -0.512 e. The van der Waals surface area contributed by atoms with Crippen molar-refractivity contribution < 1.29 is 9.90 Å². The van der Waals surface area contributed by atoms with E-state index in [-0.39, 0.29) is 17.1 Å². The van der Waals surface area contributed by atoms with Crippen LogP contribution in [-0.4, -0.2) is 20.9 Å². The molecular weight excluding hydrogens is 156 g/mol. The van der Waals surface area contributed by atoms with Gasteiger partial charge in [-0.3, -0.25) is 4.79 Å². The molecule has 2 N–H and O–H groups in total. The molecule has 0 aliphatic carbocycles. The first kappa shape index (κ1) is 8.52. The molecular formula is C8H10N2O2. The molecule has 0 atom stereocenters. The third-order valence-electron chi connectivity index (χ3n) is 1.45. The molecule has 0 saturated heterocycles. The molecule has 4 nitrogen and oxygen atoms in total. The average molecular weight is 166 g/mol. The molecule has 1 rings (SSSR count). The molecule has 0 amide bonds. The van der Waals surface area contributed by atoms with Gasteiger partial charge in [0, 0.05) is 12.4 Å². The van der Waals surface area contributed by atoms with Crippen LogP contribution in [0.25, 0.3) is 5.57 Å². The monoisotopic (exact) mass is 166 g/mol. The maximum atomic E-state index is 11.0. The molecule has 0 bridgehead atoms. The Hall–Kier alpha value is -1.58. The van der Waals surface area contributed by atoms with E-state index in [1.165, 1.54) is 20.0 Å². The van der Waals surface area contributed by atoms with E-state index in [0.29, 0.717) is 5.82 Å². The number of carbonyl (C=O) groups is 1. The lowest BCUT2D eigenvalue weighted by atomic mass is 10.1. The van der Waals surface area contributed by atoms with Gasteiger partial charge in [-0.05, 0) is 13.8 Å². The van der Waals surface area contributed by atoms with E-state index < -0.39 is 0 Å². The Labute approximate surface area is 70.0 Å². The second-order valence-electron chi connectivity index (χ2n) is 2.45. The molecule has 1 aromatic heterocycles. The molecule has 0 aliphatic rings. The van der Waals surface area contributed by atoms with Gasteiger partial charge in [0.1, 0.15) is 11.6 Å². The number of hydrogen-bond acceptors (Lipinski definition) is 3. The molecule has 1 heterocycles. The average Bonchev–Trinajstić information content (AvgIpc) is 2.37. The van der Waals surface area contributed by atoms with Crippen LogP contribution >= 0.6 is 0 Å². The van der Waals surface area contributed by atoms with Crippen molar-refractivity contribution in [3.63, 3.8) is 0 Å². The Morgan fingerprint density at radius 2 is 2.25 bits per heavy atom. The standard InChI is InChI=1S/C8H10N2O2/c1-5(11)7(6(2)12)8-9-3-4-10-8/h3-4,11H,1-2H3,(H,9,10)/b7-5-. The normalized spacial score (nSPS) is 12.5. The molecule has 0 aromatic carbocycles. The number of carbonyl (C=O) groups excluding carboxylic acids is 1. The lowest BCUT2D eigenvalue weighted by Gasteiger charge is -1.99. The topological polar surface area (TPSA) is 66.0 Å². The minimum absolute atomic E-state index is 0.0162. The molecule has 4 heteroatoms. The zero-order chi connectivity index (χ0) is 9.14. The molecule has 0 saturated carbocycles. The van der Waals surface area contributed by atoms with Gasteiger partial charge in [0.25, 0.3) is 0 Å². The zero-order valence-electron chi connectivity index (χ0n) is 6.96. The van der Waals surface area contributed by atoms with Crippen molar-refractivity contribution in [1.29, 1.82) is 0 Å². The van der Waals surface area contributed by atoms with Crippen molar-refractivity contribution in [1.82, 2.24) is 9.97 Å². The Morgan fingerprint density at radius 3 is 2.58 bits per heavy atom. The van der Waals surface area contributed by atoms with E-state index in [4.69, 9.17) is 5.11 Å². The summed E-state index contributed by atoms with van der Waals surface area (Å²) in [7, 11) is 0. The van der Waals surface area contributed by atoms with Gasteiger partial charge >= 0.3 is 0 Å². The van der Waals surface area contributed by atoms with Crippen molar-refractivity contribution in [2.75, 3.05) is 0 Å². The highest BCUT2D eigenvalue weighted by molar-refractivity contribution is 6.18. The third kappa shape index (κ3) is 1.53. The number of hydrogen-bond donors (Lipinski definition) is 2. The number of Topliss-reactive ketones (excluding diaryl/α,β-unsaturated/α-hetero) is 1. The molecule has 64 valence electrons. The van der Waals surface area contributed by atoms with E-state index in [1.54, 1.807) is 6.20 Å². The highest BCUT2D eigenvalue weighted by Gasteiger charge is 2.12. The summed E-state index contributed by atoms with van der Waals surface area (Å²) in [4.78, 5) is 17.6. The summed E-state index contributed by atoms with van der Waals surface area (Å²) in [6.45, 7) is 2.84. The third-order valence-corrected chi connectivity index (χ3v) is 1.45. The predicted octanol–water partition coefficient (Wildman–Crippen LogP) is 1.29. The fourth-order valence-corrected chi connectivity index (χ4v) is 0.995. The van der Waals surface area contributed by atoms with E-state index in [2.05, 4.69) is 9.97 Å². The Kier molecular flexibility index (Phi) is 2.28. The number of imidazole rings is 1. The fraction of sp³-hybridized carbons (Fsp3) is 0.250. The Bertz CT molecular complexity index is 308. The fourth-order valence-electron chi connectivity index (χ4n) is 0.995. The van der Waals surface area contributed by atoms with Gasteiger partial charge in [-0.15, -0.1) is 0 Å². The number of aliphatic hydroxyl groups excluding tert-OH is 1. The predicted molar refractivity (Wildman–Crippen MR) is 44.5 cm³/mol. The first-order valence-corrected chi connectivity index (χ1v) is 3.53. The summed E-state index contributed by atoms with van der Waals surface area (Å²) >= 11 is 0. The number of H-pyrrole nitrogens is 1. The lowest BCUT2D eigenvalue weighted by Crippen LogP contribution is -2.00. The highest BCUT2D eigenvalue weighted by Crippen LogP contribution is 2.13. The number of nitrogens with zero attached hydrogens (tertiary/aromatic N) is 1. The number of aromatic amines is 1. The van der Waals surface area contributed by atoms with Crippen molar-refractivity contribution in [2.24, 2.45) is 0 Å². The van der Waals surface area contributed by atoms with Crippen LogP contribution in [0.3, 0.4) is 0 Å². The Morgan fingerprint density at radius 1 is 1.58 bits per heavy atom. The van der Waals surface area contributed by atoms with Crippen LogP contribution < -0.4 is 0 Å². The summed E-state index contributed by atoms with van der Waals surface area (Å²) in [5.74, 6) is 0.185. The van der Waals surface area contributed by atoms with Crippen LogP contribution in [0, 0.1) is 0 Å². The summed E-state index contributed by atoms with van der Waals surface area (Å²) in [6, 6.07) is 0. The van der Waals surface area contributed by atoms with Gasteiger partial charge in [0.15, 0.2) is 5.78 Å². The molecule has 12 heavy (non-hydrogen) atoms. The summed E-state index contributed by atoms with van der Waals surface area (Å²) < 4.78 is 0. The van der Waals surface area contributed by atoms with Crippen molar-refractivity contribution >= 4 is 11.4 Å². The van der Waals surface area contributed by atoms with E-state index >= 15 is 0 Å². The van der Waals surface area contributed by atoms with E-state index in [1.807, 2.05) is 0 Å². The van der Waals surface area contributed by atoms with Gasteiger partial charge in [-0.25, -0.2) is 4.98 Å². The van der Waals surface area contributed by atoms with Gasteiger partial charge in [-0.1, -0.05) is 0 Å². The van der Waals surface area contributed by atoms with Crippen molar-refractivity contribution in [2.45, 2.75) is 13.8 Å². The smallest absolute Gasteiger partial charge is 0.166 e. The highest BCUT2D eigenvalue weighted by atomic mass is 16.3. The summed E-state index contributed by atoms with van der Waals surface area (Å²) in [5.41, 5.74) is 0.236.